The summed E-state index contributed by atoms with van der Waals surface area (Å²) >= 11 is 1.84. The van der Waals surface area contributed by atoms with E-state index in [1.165, 1.54) is 21.6 Å². The van der Waals surface area contributed by atoms with Gasteiger partial charge in [0.05, 0.1) is 19.0 Å². The van der Waals surface area contributed by atoms with Gasteiger partial charge in [0.2, 0.25) is 0 Å². The van der Waals surface area contributed by atoms with Crippen LogP contribution in [0.15, 0.2) is 46.6 Å². The van der Waals surface area contributed by atoms with E-state index in [1.54, 1.807) is 0 Å². The number of thiophene rings is 1. The molecule has 0 N–H and O–H groups in total. The van der Waals surface area contributed by atoms with E-state index in [2.05, 4.69) is 34.6 Å². The van der Waals surface area contributed by atoms with E-state index < -0.39 is 0 Å². The van der Waals surface area contributed by atoms with Crippen LogP contribution in [0.4, 0.5) is 0 Å². The monoisotopic (exact) mass is 329 g/mol. The summed E-state index contributed by atoms with van der Waals surface area (Å²) < 4.78 is 11.4. The fourth-order valence-corrected chi connectivity index (χ4v) is 4.31. The first-order valence-corrected chi connectivity index (χ1v) is 9.38. The van der Waals surface area contributed by atoms with Crippen LogP contribution in [-0.4, -0.2) is 44.4 Å². The average Bonchev–Trinajstić information content (AvgIpc) is 3.24. The van der Waals surface area contributed by atoms with Gasteiger partial charge in [-0.25, -0.2) is 0 Å². The highest BCUT2D eigenvalue weighted by molar-refractivity contribution is 7.11. The number of allylic oxidation sites excluding steroid dienone is 6. The zero-order valence-electron chi connectivity index (χ0n) is 13.4. The Bertz CT molecular complexity index is 636. The zero-order chi connectivity index (χ0) is 15.5. The van der Waals surface area contributed by atoms with Gasteiger partial charge >= 0.3 is 0 Å². The Balaban J connectivity index is 1.34. The third-order valence-electron chi connectivity index (χ3n) is 4.78. The molecule has 0 spiro atoms. The molecule has 2 aliphatic carbocycles. The minimum atomic E-state index is 0.791. The number of hydrogen-bond donors (Lipinski definition) is 0. The lowest BCUT2D eigenvalue weighted by atomic mass is 9.94. The van der Waals surface area contributed by atoms with Crippen LogP contribution in [-0.2, 0) is 9.47 Å². The fourth-order valence-electron chi connectivity index (χ4n) is 3.51. The van der Waals surface area contributed by atoms with Crippen molar-refractivity contribution in [1.29, 1.82) is 0 Å². The van der Waals surface area contributed by atoms with Crippen LogP contribution < -0.4 is 0 Å². The summed E-state index contributed by atoms with van der Waals surface area (Å²) in [5.41, 5.74) is 4.45. The Morgan fingerprint density at radius 1 is 1.22 bits per heavy atom. The smallest absolute Gasteiger partial charge is 0.100 e. The second-order valence-corrected chi connectivity index (χ2v) is 7.16. The summed E-state index contributed by atoms with van der Waals surface area (Å²) in [5, 5.41) is 2.16. The van der Waals surface area contributed by atoms with Crippen molar-refractivity contribution in [3.05, 3.63) is 51.4 Å². The Morgan fingerprint density at radius 2 is 2.13 bits per heavy atom. The van der Waals surface area contributed by atoms with E-state index in [1.807, 2.05) is 11.3 Å². The summed E-state index contributed by atoms with van der Waals surface area (Å²) in [5.74, 6) is 1.16. The summed E-state index contributed by atoms with van der Waals surface area (Å²) in [4.78, 5) is 3.82. The SMILES string of the molecule is C1=C(OCCN2CCOCC2)CCC2=C1CC=C2c1cccs1. The summed E-state index contributed by atoms with van der Waals surface area (Å²) in [6, 6.07) is 4.36. The summed E-state index contributed by atoms with van der Waals surface area (Å²) in [6.07, 6.45) is 7.87. The number of hydrogen-bond acceptors (Lipinski definition) is 4. The Morgan fingerprint density at radius 3 is 2.96 bits per heavy atom. The van der Waals surface area contributed by atoms with Gasteiger partial charge in [0.1, 0.15) is 6.61 Å². The number of rotatable bonds is 5. The lowest BCUT2D eigenvalue weighted by molar-refractivity contribution is 0.0270. The predicted octanol–water partition coefficient (Wildman–Crippen LogP) is 3.86. The van der Waals surface area contributed by atoms with Crippen molar-refractivity contribution < 1.29 is 9.47 Å². The molecule has 0 amide bonds. The molecule has 0 aromatic carbocycles. The molecule has 1 aliphatic heterocycles. The van der Waals surface area contributed by atoms with Crippen molar-refractivity contribution in [3.63, 3.8) is 0 Å². The maximum absolute atomic E-state index is 6.04. The molecule has 0 bridgehead atoms. The molecular weight excluding hydrogens is 306 g/mol. The maximum atomic E-state index is 6.04. The second kappa shape index (κ2) is 7.04. The first-order chi connectivity index (χ1) is 11.4. The van der Waals surface area contributed by atoms with Crippen LogP contribution in [0.3, 0.4) is 0 Å². The van der Waals surface area contributed by atoms with Crippen LogP contribution in [0.5, 0.6) is 0 Å². The summed E-state index contributed by atoms with van der Waals surface area (Å²) in [7, 11) is 0. The molecule has 3 aliphatic rings. The van der Waals surface area contributed by atoms with E-state index in [4.69, 9.17) is 9.47 Å². The van der Waals surface area contributed by atoms with Gasteiger partial charge in [-0.1, -0.05) is 12.1 Å². The molecule has 1 fully saturated rings. The van der Waals surface area contributed by atoms with Gasteiger partial charge in [0.25, 0.3) is 0 Å². The van der Waals surface area contributed by atoms with Crippen molar-refractivity contribution in [2.75, 3.05) is 39.5 Å². The van der Waals surface area contributed by atoms with Gasteiger partial charge in [-0.3, -0.25) is 4.90 Å². The molecule has 1 aromatic rings. The van der Waals surface area contributed by atoms with Gasteiger partial charge < -0.3 is 9.47 Å². The molecular formula is C19H23NO2S. The Labute approximate surface area is 141 Å². The lowest BCUT2D eigenvalue weighted by Gasteiger charge is -2.27. The largest absolute Gasteiger partial charge is 0.497 e. The molecule has 0 atom stereocenters. The minimum absolute atomic E-state index is 0.791. The Kier molecular flexibility index (Phi) is 4.64. The molecule has 2 heterocycles. The number of nitrogens with zero attached hydrogens (tertiary/aromatic N) is 1. The van der Waals surface area contributed by atoms with Gasteiger partial charge in [-0.2, -0.15) is 0 Å². The van der Waals surface area contributed by atoms with Gasteiger partial charge in [-0.15, -0.1) is 11.3 Å². The minimum Gasteiger partial charge on any atom is -0.497 e. The number of ether oxygens (including phenoxy) is 2. The van der Waals surface area contributed by atoms with Crippen molar-refractivity contribution in [2.45, 2.75) is 19.3 Å². The lowest BCUT2D eigenvalue weighted by Crippen LogP contribution is -2.38. The number of morpholine rings is 1. The molecule has 122 valence electrons. The molecule has 23 heavy (non-hydrogen) atoms. The normalized spacial score (nSPS) is 21.9. The fraction of sp³-hybridized carbons (Fsp3) is 0.474. The quantitative estimate of drug-likeness (QED) is 0.819. The summed E-state index contributed by atoms with van der Waals surface area (Å²) in [6.45, 7) is 5.58. The van der Waals surface area contributed by atoms with Crippen molar-refractivity contribution in [1.82, 2.24) is 4.90 Å². The third-order valence-corrected chi connectivity index (χ3v) is 5.68. The molecule has 0 radical (unpaired) electrons. The topological polar surface area (TPSA) is 21.7 Å². The molecule has 4 rings (SSSR count). The van der Waals surface area contributed by atoms with Crippen LogP contribution in [0.2, 0.25) is 0 Å². The molecule has 0 saturated carbocycles. The standard InChI is InChI=1S/C19H23NO2S/c1-2-19(23-13-1)18-5-3-15-14-16(4-6-17(15)18)22-12-9-20-7-10-21-11-8-20/h1-2,5,13-14H,3-4,6-12H2. The van der Waals surface area contributed by atoms with E-state index >= 15 is 0 Å². The van der Waals surface area contributed by atoms with Crippen LogP contribution in [0.25, 0.3) is 5.57 Å². The van der Waals surface area contributed by atoms with E-state index in [-0.39, 0.29) is 0 Å². The second-order valence-electron chi connectivity index (χ2n) is 6.22. The van der Waals surface area contributed by atoms with Crippen LogP contribution >= 0.6 is 11.3 Å². The third kappa shape index (κ3) is 3.44. The maximum Gasteiger partial charge on any atom is 0.100 e. The van der Waals surface area contributed by atoms with Crippen molar-refractivity contribution in [3.8, 4) is 0 Å². The highest BCUT2D eigenvalue weighted by Gasteiger charge is 2.23. The van der Waals surface area contributed by atoms with Crippen LogP contribution in [0.1, 0.15) is 24.1 Å². The van der Waals surface area contributed by atoms with Crippen molar-refractivity contribution >= 4 is 16.9 Å². The molecule has 3 nitrogen and oxygen atoms in total. The molecule has 1 saturated heterocycles. The van der Waals surface area contributed by atoms with E-state index in [9.17, 15) is 0 Å². The van der Waals surface area contributed by atoms with Crippen LogP contribution in [0, 0.1) is 0 Å². The molecule has 0 unspecified atom stereocenters. The van der Waals surface area contributed by atoms with E-state index in [0.717, 1.165) is 64.5 Å². The average molecular weight is 329 g/mol. The molecule has 4 heteroatoms. The van der Waals surface area contributed by atoms with Gasteiger partial charge in [-0.05, 0) is 47.1 Å². The van der Waals surface area contributed by atoms with E-state index in [0.29, 0.717) is 0 Å². The first kappa shape index (κ1) is 15.2. The van der Waals surface area contributed by atoms with Crippen molar-refractivity contribution in [2.24, 2.45) is 0 Å². The Hall–Kier alpha value is -1.36. The van der Waals surface area contributed by atoms with Gasteiger partial charge in [0, 0.05) is 30.9 Å². The highest BCUT2D eigenvalue weighted by atomic mass is 32.1. The first-order valence-electron chi connectivity index (χ1n) is 8.50. The van der Waals surface area contributed by atoms with Gasteiger partial charge in [0.15, 0.2) is 0 Å². The molecule has 1 aromatic heterocycles. The predicted molar refractivity (Wildman–Crippen MR) is 94.5 cm³/mol. The zero-order valence-corrected chi connectivity index (χ0v) is 14.2. The highest BCUT2D eigenvalue weighted by Crippen LogP contribution is 2.42.